The molecule has 10 rings (SSSR count). The predicted octanol–water partition coefficient (Wildman–Crippen LogP) is 5.04. The van der Waals surface area contributed by atoms with E-state index in [-0.39, 0.29) is 82.9 Å². The van der Waals surface area contributed by atoms with E-state index in [1.54, 1.807) is 0 Å². The molecule has 0 amide bonds. The van der Waals surface area contributed by atoms with Crippen molar-refractivity contribution < 1.29 is 19.2 Å². The molecule has 6 bridgehead atoms. The second-order valence-electron chi connectivity index (χ2n) is 14.2. The van der Waals surface area contributed by atoms with Crippen LogP contribution in [-0.4, -0.2) is 21.0 Å². The Labute approximate surface area is 233 Å². The van der Waals surface area contributed by atoms with Crippen molar-refractivity contribution in [3.8, 4) is 0 Å². The van der Waals surface area contributed by atoms with Crippen LogP contribution in [0.5, 0.6) is 0 Å². The van der Waals surface area contributed by atoms with Crippen molar-refractivity contribution in [1.82, 2.24) is 0 Å². The van der Waals surface area contributed by atoms with Gasteiger partial charge in [0.25, 0.3) is 0 Å². The van der Waals surface area contributed by atoms with E-state index in [9.17, 15) is 19.2 Å². The highest BCUT2D eigenvalue weighted by Gasteiger charge is 3.03. The van der Waals surface area contributed by atoms with Gasteiger partial charge in [-0.25, -0.2) is 0 Å². The number of halogens is 4. The molecule has 10 aliphatic rings. The first-order valence-corrected chi connectivity index (χ1v) is 15.3. The second-order valence-corrected chi connectivity index (χ2v) is 15.6. The lowest BCUT2D eigenvalue weighted by molar-refractivity contribution is -0.398. The largest absolute Gasteiger partial charge is 0.281 e. The number of hydrogen-bond acceptors (Lipinski definition) is 4. The summed E-state index contributed by atoms with van der Waals surface area (Å²) in [5, 5.41) is -1.69. The lowest BCUT2D eigenvalue weighted by Gasteiger charge is -2.88. The fourth-order valence-electron chi connectivity index (χ4n) is 15.4. The van der Waals surface area contributed by atoms with Gasteiger partial charge in [0.2, 0.25) is 21.0 Å². The summed E-state index contributed by atoms with van der Waals surface area (Å²) in [6.07, 6.45) is 11.5. The molecule has 8 fully saturated rings. The molecule has 0 aromatic heterocycles. The molecule has 0 radical (unpaired) electrons. The number of hydrogen-bond donors (Lipinski definition) is 0. The third-order valence-corrected chi connectivity index (χ3v) is 16.2. The van der Waals surface area contributed by atoms with Crippen LogP contribution in [0.4, 0.5) is 0 Å². The van der Waals surface area contributed by atoms with Crippen molar-refractivity contribution in [1.29, 1.82) is 0 Å². The van der Waals surface area contributed by atoms with Crippen LogP contribution in [0.25, 0.3) is 0 Å². The molecule has 8 heteroatoms. The topological polar surface area (TPSA) is 68.3 Å². The lowest BCUT2D eigenvalue weighted by Crippen LogP contribution is -2.92. The maximum absolute atomic E-state index is 13.5. The minimum Gasteiger partial charge on any atom is -0.281 e. The standard InChI is InChI=1S/C29H24Cl4O4/c30-22(34)26-14-8-1-2-9(5-8)15(14)27(26,23(31)35)19-13-7-12(18(19)26)20-21(13)29(25(33)37)17-11-4-3-10(6-11)16(17)28(20,29)24(32)36/h1-4,8-21H,5-7H2/t8-,9+,10+,11-,12?,13?,14+,15-,16-,17+,18-,19+,20+,21-,26+,27-,28-,29+. The highest BCUT2D eigenvalue weighted by atomic mass is 35.5. The molecule has 0 aromatic rings. The minimum atomic E-state index is -0.964. The molecule has 8 saturated carbocycles. The molecule has 192 valence electrons. The number of carbonyl (C=O) groups is 4. The first-order chi connectivity index (χ1) is 17.7. The molecule has 4 nitrogen and oxygen atoms in total. The quantitative estimate of drug-likeness (QED) is 0.267. The van der Waals surface area contributed by atoms with Crippen molar-refractivity contribution in [2.75, 3.05) is 0 Å². The number of allylic oxidation sites excluding steroid dienone is 4. The summed E-state index contributed by atoms with van der Waals surface area (Å²) < 4.78 is 0. The maximum atomic E-state index is 13.5. The van der Waals surface area contributed by atoms with Crippen LogP contribution in [0.1, 0.15) is 19.3 Å². The van der Waals surface area contributed by atoms with Crippen molar-refractivity contribution in [2.24, 2.45) is 105 Å². The van der Waals surface area contributed by atoms with Gasteiger partial charge in [0.15, 0.2) is 0 Å². The highest BCUT2D eigenvalue weighted by molar-refractivity contribution is 6.69. The molecule has 18 atom stereocenters. The molecule has 0 aromatic carbocycles. The SMILES string of the molecule is O=C(Cl)[C@@]12[C@@H]3[C@@H]([C@H]4C=C[C@@H]3C4)[C@]1(C(=O)Cl)[C@H]1C3CC([C@H]12)[C@H]1[C@@H]3[C@]2(C(=O)Cl)[C@@H]3[C@@H]([C@H]4C=C[C@@H]3C4)[C@]12C(=O)Cl. The number of fused-ring (bicyclic) bond motifs is 28. The molecule has 0 heterocycles. The van der Waals surface area contributed by atoms with Crippen LogP contribution in [0.3, 0.4) is 0 Å². The normalized spacial score (nSPS) is 67.8. The Morgan fingerprint density at radius 2 is 0.676 bits per heavy atom. The molecular formula is C29H24Cl4O4. The smallest absolute Gasteiger partial charge is 0.229 e. The van der Waals surface area contributed by atoms with E-state index < -0.39 is 42.6 Å². The second kappa shape index (κ2) is 5.85. The van der Waals surface area contributed by atoms with Gasteiger partial charge in [0.05, 0.1) is 21.7 Å². The monoisotopic (exact) mass is 576 g/mol. The van der Waals surface area contributed by atoms with Crippen LogP contribution in [0.2, 0.25) is 0 Å². The van der Waals surface area contributed by atoms with Gasteiger partial charge >= 0.3 is 0 Å². The number of rotatable bonds is 4. The van der Waals surface area contributed by atoms with Gasteiger partial charge < -0.3 is 0 Å². The lowest BCUT2D eigenvalue weighted by atomic mass is 9.13. The fourth-order valence-corrected chi connectivity index (χ4v) is 17.1. The zero-order chi connectivity index (χ0) is 25.3. The van der Waals surface area contributed by atoms with Crippen molar-refractivity contribution in [3.05, 3.63) is 24.3 Å². The Balaban J connectivity index is 1.19. The van der Waals surface area contributed by atoms with Gasteiger partial charge in [0, 0.05) is 0 Å². The third-order valence-electron chi connectivity index (χ3n) is 15.0. The van der Waals surface area contributed by atoms with E-state index in [1.165, 1.54) is 0 Å². The van der Waals surface area contributed by atoms with E-state index in [4.69, 9.17) is 46.4 Å². The van der Waals surface area contributed by atoms with E-state index >= 15 is 0 Å². The molecule has 2 unspecified atom stereocenters. The average Bonchev–Trinajstić information content (AvgIpc) is 3.60. The van der Waals surface area contributed by atoms with Crippen molar-refractivity contribution in [3.63, 3.8) is 0 Å². The van der Waals surface area contributed by atoms with Crippen LogP contribution < -0.4 is 0 Å². The van der Waals surface area contributed by atoms with Crippen molar-refractivity contribution >= 4 is 67.4 Å². The van der Waals surface area contributed by atoms with E-state index in [0.29, 0.717) is 0 Å². The van der Waals surface area contributed by atoms with Gasteiger partial charge in [-0.05, 0) is 149 Å². The molecule has 0 spiro atoms. The molecule has 0 N–H and O–H groups in total. The summed E-state index contributed by atoms with van der Waals surface area (Å²) in [7, 11) is 0. The first-order valence-electron chi connectivity index (χ1n) is 13.8. The van der Waals surface area contributed by atoms with Gasteiger partial charge in [-0.1, -0.05) is 24.3 Å². The van der Waals surface area contributed by atoms with E-state index in [0.717, 1.165) is 19.3 Å². The first kappa shape index (κ1) is 22.1. The molecule has 0 saturated heterocycles. The highest BCUT2D eigenvalue weighted by Crippen LogP contribution is 3.00. The average molecular weight is 578 g/mol. The summed E-state index contributed by atoms with van der Waals surface area (Å²) >= 11 is 26.2. The van der Waals surface area contributed by atoms with Gasteiger partial charge in [-0.3, -0.25) is 19.2 Å². The molecule has 0 aliphatic heterocycles. The zero-order valence-electron chi connectivity index (χ0n) is 19.7. The van der Waals surface area contributed by atoms with Crippen LogP contribution >= 0.6 is 46.4 Å². The number of carbonyl (C=O) groups excluding carboxylic acids is 4. The summed E-state index contributed by atoms with van der Waals surface area (Å²) in [5.41, 5.74) is -3.85. The van der Waals surface area contributed by atoms with Crippen LogP contribution in [0.15, 0.2) is 24.3 Å². The molecular weight excluding hydrogens is 554 g/mol. The Bertz CT molecular complexity index is 1190. The minimum absolute atomic E-state index is 0.0341. The maximum Gasteiger partial charge on any atom is 0.229 e. The Kier molecular flexibility index (Phi) is 3.49. The van der Waals surface area contributed by atoms with Gasteiger partial charge in [-0.2, -0.15) is 0 Å². The van der Waals surface area contributed by atoms with Crippen LogP contribution in [-0.2, 0) is 19.2 Å². The fraction of sp³-hybridized carbons (Fsp3) is 0.724. The van der Waals surface area contributed by atoms with Gasteiger partial charge in [-0.15, -0.1) is 0 Å². The van der Waals surface area contributed by atoms with E-state index in [2.05, 4.69) is 24.3 Å². The summed E-state index contributed by atoms with van der Waals surface area (Å²) in [5.74, 6) is 0.886. The Hall–Kier alpha value is -0.680. The third kappa shape index (κ3) is 1.54. The van der Waals surface area contributed by atoms with Crippen molar-refractivity contribution in [2.45, 2.75) is 19.3 Å². The molecule has 37 heavy (non-hydrogen) atoms. The zero-order valence-corrected chi connectivity index (χ0v) is 22.7. The van der Waals surface area contributed by atoms with Gasteiger partial charge in [0.1, 0.15) is 0 Å². The van der Waals surface area contributed by atoms with E-state index in [1.807, 2.05) is 0 Å². The summed E-state index contributed by atoms with van der Waals surface area (Å²) in [6.45, 7) is 0. The summed E-state index contributed by atoms with van der Waals surface area (Å²) in [6, 6.07) is 0. The predicted molar refractivity (Wildman–Crippen MR) is 134 cm³/mol. The Morgan fingerprint density at radius 3 is 0.892 bits per heavy atom. The van der Waals surface area contributed by atoms with Crippen LogP contribution in [0, 0.1) is 105 Å². The Morgan fingerprint density at radius 1 is 0.432 bits per heavy atom. The summed E-state index contributed by atoms with van der Waals surface area (Å²) in [4.78, 5) is 54.2. The molecule has 10 aliphatic carbocycles.